The molecule has 1 aromatic carbocycles. The van der Waals surface area contributed by atoms with E-state index in [1.807, 2.05) is 48.7 Å². The van der Waals surface area contributed by atoms with Crippen molar-refractivity contribution >= 4 is 57.2 Å². The van der Waals surface area contributed by atoms with E-state index in [2.05, 4.69) is 26.1 Å². The summed E-state index contributed by atoms with van der Waals surface area (Å²) < 4.78 is 6.20. The molecule has 2 heterocycles. The van der Waals surface area contributed by atoms with Gasteiger partial charge in [-0.1, -0.05) is 41.3 Å². The van der Waals surface area contributed by atoms with Crippen molar-refractivity contribution in [3.8, 4) is 5.75 Å². The van der Waals surface area contributed by atoms with Crippen LogP contribution in [0, 0.1) is 0 Å². The number of amides is 3. The zero-order valence-electron chi connectivity index (χ0n) is 16.2. The van der Waals surface area contributed by atoms with E-state index in [4.69, 9.17) is 4.74 Å². The maximum absolute atomic E-state index is 12.0. The van der Waals surface area contributed by atoms with Crippen LogP contribution in [0.25, 0.3) is 0 Å². The lowest BCUT2D eigenvalue weighted by Gasteiger charge is -2.09. The van der Waals surface area contributed by atoms with Gasteiger partial charge in [-0.25, -0.2) is 4.79 Å². The summed E-state index contributed by atoms with van der Waals surface area (Å²) in [4.78, 5) is 24.9. The van der Waals surface area contributed by atoms with Gasteiger partial charge < -0.3 is 15.4 Å². The second-order valence-corrected chi connectivity index (χ2v) is 9.08. The molecule has 0 aliphatic heterocycles. The van der Waals surface area contributed by atoms with Gasteiger partial charge in [0.05, 0.1) is 18.0 Å². The van der Waals surface area contributed by atoms with Crippen molar-refractivity contribution < 1.29 is 14.3 Å². The first-order valence-electron chi connectivity index (χ1n) is 9.19. The molecule has 30 heavy (non-hydrogen) atoms. The highest BCUT2D eigenvalue weighted by Crippen LogP contribution is 2.31. The summed E-state index contributed by atoms with van der Waals surface area (Å²) in [5.74, 6) is 0.414. The molecule has 0 radical (unpaired) electrons. The van der Waals surface area contributed by atoms with Gasteiger partial charge in [-0.3, -0.25) is 10.1 Å². The molecule has 3 rings (SSSR count). The lowest BCUT2D eigenvalue weighted by atomic mass is 10.3. The Bertz CT molecular complexity index is 962. The number of aromatic nitrogens is 2. The zero-order chi connectivity index (χ0) is 21.2. The highest BCUT2D eigenvalue weighted by atomic mass is 32.2. The maximum atomic E-state index is 12.0. The number of hydrogen-bond donors (Lipinski definition) is 3. The molecular formula is C19H21N5O3S3. The summed E-state index contributed by atoms with van der Waals surface area (Å²) >= 11 is 4.18. The second kappa shape index (κ2) is 11.5. The summed E-state index contributed by atoms with van der Waals surface area (Å²) in [6, 6.07) is 11.0. The van der Waals surface area contributed by atoms with Crippen LogP contribution in [0.4, 0.5) is 15.6 Å². The number of thiophene rings is 1. The molecule has 8 nitrogen and oxygen atoms in total. The molecule has 0 atom stereocenters. The van der Waals surface area contributed by atoms with E-state index in [1.54, 1.807) is 11.3 Å². The summed E-state index contributed by atoms with van der Waals surface area (Å²) in [6.45, 7) is 2.96. The molecule has 0 aliphatic carbocycles. The Kier molecular flexibility index (Phi) is 8.48. The van der Waals surface area contributed by atoms with E-state index < -0.39 is 6.03 Å². The van der Waals surface area contributed by atoms with Crippen LogP contribution >= 0.6 is 34.4 Å². The third-order valence-electron chi connectivity index (χ3n) is 3.65. The molecule has 3 aromatic rings. The minimum absolute atomic E-state index is 0.0719. The maximum Gasteiger partial charge on any atom is 0.321 e. The number of ether oxygens (including phenoxy) is 1. The van der Waals surface area contributed by atoms with Crippen molar-refractivity contribution in [2.45, 2.75) is 17.7 Å². The van der Waals surface area contributed by atoms with E-state index in [9.17, 15) is 9.59 Å². The van der Waals surface area contributed by atoms with Gasteiger partial charge in [0.25, 0.3) is 0 Å². The fraction of sp³-hybridized carbons (Fsp3) is 0.263. The fourth-order valence-corrected chi connectivity index (χ4v) is 4.65. The molecular weight excluding hydrogens is 442 g/mol. The van der Waals surface area contributed by atoms with Crippen LogP contribution in [-0.4, -0.2) is 41.0 Å². The van der Waals surface area contributed by atoms with Crippen LogP contribution in [-0.2, 0) is 11.2 Å². The van der Waals surface area contributed by atoms with Gasteiger partial charge in [0.15, 0.2) is 4.34 Å². The van der Waals surface area contributed by atoms with Crippen molar-refractivity contribution in [1.29, 1.82) is 0 Å². The third kappa shape index (κ3) is 7.01. The number of anilines is 2. The minimum Gasteiger partial charge on any atom is -0.492 e. The Morgan fingerprint density at radius 1 is 1.17 bits per heavy atom. The molecule has 3 N–H and O–H groups in total. The first kappa shape index (κ1) is 22.1. The number of urea groups is 1. The summed E-state index contributed by atoms with van der Waals surface area (Å²) in [5, 5.41) is 18.9. The molecule has 0 bridgehead atoms. The van der Waals surface area contributed by atoms with Crippen LogP contribution in [0.2, 0.25) is 0 Å². The number of para-hydroxylation sites is 2. The van der Waals surface area contributed by atoms with Crippen molar-refractivity contribution in [2.75, 3.05) is 24.2 Å². The lowest BCUT2D eigenvalue weighted by Crippen LogP contribution is -2.41. The monoisotopic (exact) mass is 463 g/mol. The largest absolute Gasteiger partial charge is 0.492 e. The van der Waals surface area contributed by atoms with E-state index in [-0.39, 0.29) is 11.7 Å². The van der Waals surface area contributed by atoms with Gasteiger partial charge in [-0.2, -0.15) is 0 Å². The van der Waals surface area contributed by atoms with Crippen LogP contribution in [0.5, 0.6) is 5.75 Å². The van der Waals surface area contributed by atoms with Crippen molar-refractivity contribution in [3.63, 3.8) is 0 Å². The Morgan fingerprint density at radius 3 is 2.83 bits per heavy atom. The average Bonchev–Trinajstić information content (AvgIpc) is 3.40. The molecule has 158 valence electrons. The molecule has 2 aromatic heterocycles. The zero-order valence-corrected chi connectivity index (χ0v) is 18.7. The van der Waals surface area contributed by atoms with Crippen molar-refractivity contribution in [1.82, 2.24) is 20.8 Å². The molecule has 0 saturated heterocycles. The van der Waals surface area contributed by atoms with Gasteiger partial charge in [-0.05, 0) is 36.9 Å². The number of hydrogen-bond acceptors (Lipinski definition) is 9. The summed E-state index contributed by atoms with van der Waals surface area (Å²) in [7, 11) is 0. The molecule has 0 fully saturated rings. The smallest absolute Gasteiger partial charge is 0.321 e. The lowest BCUT2D eigenvalue weighted by molar-refractivity contribution is -0.117. The number of nitrogens with zero attached hydrogens (tertiary/aromatic N) is 2. The molecule has 0 unspecified atom stereocenters. The van der Waals surface area contributed by atoms with Gasteiger partial charge in [-0.15, -0.1) is 21.5 Å². The quantitative estimate of drug-likeness (QED) is 0.392. The van der Waals surface area contributed by atoms with Crippen molar-refractivity contribution in [3.05, 3.63) is 46.7 Å². The average molecular weight is 464 g/mol. The number of benzene rings is 1. The van der Waals surface area contributed by atoms with Crippen LogP contribution in [0.3, 0.4) is 0 Å². The topological polar surface area (TPSA) is 105 Å². The Hall–Kier alpha value is -2.63. The predicted molar refractivity (Wildman–Crippen MR) is 121 cm³/mol. The highest BCUT2D eigenvalue weighted by molar-refractivity contribution is 8.01. The van der Waals surface area contributed by atoms with Crippen LogP contribution in [0.15, 0.2) is 46.1 Å². The molecule has 0 saturated carbocycles. The first-order chi connectivity index (χ1) is 14.6. The van der Waals surface area contributed by atoms with E-state index in [1.165, 1.54) is 28.0 Å². The Balaban J connectivity index is 1.40. The van der Waals surface area contributed by atoms with E-state index in [0.29, 0.717) is 22.6 Å². The molecule has 3 amide bonds. The van der Waals surface area contributed by atoms with Gasteiger partial charge in [0.2, 0.25) is 11.0 Å². The number of thioether (sulfide) groups is 1. The van der Waals surface area contributed by atoms with Crippen LogP contribution < -0.4 is 20.7 Å². The molecule has 0 aliphatic rings. The number of rotatable bonds is 10. The van der Waals surface area contributed by atoms with Gasteiger partial charge >= 0.3 is 6.03 Å². The minimum atomic E-state index is -0.496. The number of nitrogens with one attached hydrogen (secondary N) is 3. The summed E-state index contributed by atoms with van der Waals surface area (Å²) in [5.41, 5.74) is 0.795. The van der Waals surface area contributed by atoms with E-state index >= 15 is 0 Å². The van der Waals surface area contributed by atoms with E-state index in [0.717, 1.165) is 17.9 Å². The number of carbonyl (C=O) groups is 2. The summed E-state index contributed by atoms with van der Waals surface area (Å²) in [6.07, 6.45) is 0.737. The van der Waals surface area contributed by atoms with Gasteiger partial charge in [0.1, 0.15) is 5.75 Å². The Labute approximate surface area is 186 Å². The Morgan fingerprint density at radius 2 is 2.03 bits per heavy atom. The van der Waals surface area contributed by atoms with Gasteiger partial charge in [0, 0.05) is 11.4 Å². The third-order valence-corrected chi connectivity index (χ3v) is 6.56. The number of imide groups is 1. The van der Waals surface area contributed by atoms with Crippen LogP contribution in [0.1, 0.15) is 11.8 Å². The standard InChI is InChI=1S/C19H21N5O3S3/c1-2-27-15-8-4-3-7-14(15)21-18-23-24-19(30-18)29-12-16(25)22-17(26)20-10-9-13-6-5-11-28-13/h3-8,11H,2,9-10,12H2,1H3,(H,21,23)(H2,20,22,25,26). The highest BCUT2D eigenvalue weighted by Gasteiger charge is 2.12. The normalized spacial score (nSPS) is 10.4. The second-order valence-electron chi connectivity index (χ2n) is 5.85. The molecule has 0 spiro atoms. The predicted octanol–water partition coefficient (Wildman–Crippen LogP) is 3.90. The SMILES string of the molecule is CCOc1ccccc1Nc1nnc(SCC(=O)NC(=O)NCCc2cccs2)s1. The fourth-order valence-electron chi connectivity index (χ4n) is 2.37. The first-order valence-corrected chi connectivity index (χ1v) is 11.9. The number of carbonyl (C=O) groups excluding carboxylic acids is 2. The molecule has 11 heteroatoms. The van der Waals surface area contributed by atoms with Crippen molar-refractivity contribution in [2.24, 2.45) is 0 Å².